The fraction of sp³-hybridized carbons (Fsp3) is 0.615. The number of hydrogen-bond acceptors (Lipinski definition) is 3. The number of ether oxygens (including phenoxy) is 1. The zero-order valence-corrected chi connectivity index (χ0v) is 12.1. The normalized spacial score (nSPS) is 12.9. The first-order chi connectivity index (χ1) is 8.74. The largest absolute Gasteiger partial charge is 0.453 e. The molecule has 0 bridgehead atoms. The summed E-state index contributed by atoms with van der Waals surface area (Å²) >= 11 is 0. The van der Waals surface area contributed by atoms with Crippen LogP contribution in [0.15, 0.2) is 18.7 Å². The van der Waals surface area contributed by atoms with E-state index < -0.39 is 17.6 Å². The van der Waals surface area contributed by atoms with Crippen molar-refractivity contribution in [1.82, 2.24) is 9.88 Å². The number of imidazole rings is 1. The summed E-state index contributed by atoms with van der Waals surface area (Å²) < 4.78 is 8.29. The summed E-state index contributed by atoms with van der Waals surface area (Å²) in [5.74, 6) is -0.0331. The van der Waals surface area contributed by atoms with Crippen molar-refractivity contribution in [1.29, 1.82) is 0 Å². The number of ketones is 1. The number of nitrogens with zero attached hydrogens (tertiary/aromatic N) is 2. The molecule has 1 rings (SSSR count). The van der Waals surface area contributed by atoms with Crippen LogP contribution in [0.4, 0.5) is 4.79 Å². The Morgan fingerprint density at radius 3 is 2.47 bits per heavy atom. The van der Waals surface area contributed by atoms with E-state index >= 15 is 0 Å². The van der Waals surface area contributed by atoms with Gasteiger partial charge in [-0.3, -0.25) is 4.79 Å². The number of amides is 1. The van der Waals surface area contributed by atoms with Gasteiger partial charge >= 0.3 is 6.09 Å². The first-order valence-corrected chi connectivity index (χ1v) is 6.14. The second-order valence-electron chi connectivity index (χ2n) is 5.58. The Labute approximate surface area is 113 Å². The number of rotatable bonds is 4. The third kappa shape index (κ3) is 4.39. The highest BCUT2D eigenvalue weighted by molar-refractivity contribution is 5.91. The molecule has 0 saturated heterocycles. The third-order valence-electron chi connectivity index (χ3n) is 2.75. The van der Waals surface area contributed by atoms with Gasteiger partial charge in [0.25, 0.3) is 0 Å². The van der Waals surface area contributed by atoms with E-state index in [0.717, 1.165) is 0 Å². The summed E-state index contributed by atoms with van der Waals surface area (Å²) in [6.07, 6.45) is 4.97. The average molecular weight is 268 g/mol. The fourth-order valence-corrected chi connectivity index (χ4v) is 1.74. The minimum atomic E-state index is -0.611. The van der Waals surface area contributed by atoms with Crippen molar-refractivity contribution in [3.05, 3.63) is 18.7 Å². The summed E-state index contributed by atoms with van der Waals surface area (Å²) in [6.45, 7) is 5.87. The lowest BCUT2D eigenvalue weighted by atomic mass is 9.86. The van der Waals surface area contributed by atoms with Gasteiger partial charge in [0.2, 0.25) is 6.33 Å². The van der Waals surface area contributed by atoms with Crippen LogP contribution in [0.1, 0.15) is 20.8 Å². The minimum absolute atomic E-state index is 0.0331. The Morgan fingerprint density at radius 1 is 1.42 bits per heavy atom. The Balaban J connectivity index is 2.86. The molecular formula is C13H22N3O3+. The topological polar surface area (TPSA) is 64.2 Å². The van der Waals surface area contributed by atoms with Gasteiger partial charge in [0.05, 0.1) is 14.2 Å². The standard InChI is InChI=1S/C13H21N3O3/c1-13(2,3)11(17)10(14-12(18)19-5)8-16-7-6-15(4)9-16/h6-7,9-10H,8H2,1-5H3/p+1/t10-/m0/s1. The molecule has 1 heterocycles. The molecule has 0 radical (unpaired) electrons. The van der Waals surface area contributed by atoms with E-state index in [9.17, 15) is 9.59 Å². The molecule has 1 aromatic heterocycles. The molecule has 0 saturated carbocycles. The molecule has 1 amide bonds. The molecular weight excluding hydrogens is 246 g/mol. The van der Waals surface area contributed by atoms with Crippen LogP contribution in [0.5, 0.6) is 0 Å². The fourth-order valence-electron chi connectivity index (χ4n) is 1.74. The molecule has 1 N–H and O–H groups in total. The number of carbonyl (C=O) groups is 2. The lowest BCUT2D eigenvalue weighted by Crippen LogP contribution is -2.48. The van der Waals surface area contributed by atoms with E-state index in [1.165, 1.54) is 7.11 Å². The van der Waals surface area contributed by atoms with Gasteiger partial charge in [-0.25, -0.2) is 13.9 Å². The maximum Gasteiger partial charge on any atom is 0.407 e. The molecule has 106 valence electrons. The summed E-state index contributed by atoms with van der Waals surface area (Å²) in [6, 6.07) is -0.611. The van der Waals surface area contributed by atoms with Crippen molar-refractivity contribution in [2.45, 2.75) is 33.4 Å². The van der Waals surface area contributed by atoms with Gasteiger partial charge in [0.1, 0.15) is 25.0 Å². The molecule has 0 aromatic carbocycles. The Bertz CT molecular complexity index is 460. The van der Waals surface area contributed by atoms with Gasteiger partial charge in [0, 0.05) is 5.41 Å². The summed E-state index contributed by atoms with van der Waals surface area (Å²) in [5.41, 5.74) is -0.527. The highest BCUT2D eigenvalue weighted by Gasteiger charge is 2.32. The van der Waals surface area contributed by atoms with Crippen LogP contribution in [0.3, 0.4) is 0 Å². The van der Waals surface area contributed by atoms with Crippen molar-refractivity contribution in [2.24, 2.45) is 12.5 Å². The summed E-state index contributed by atoms with van der Waals surface area (Å²) in [4.78, 5) is 23.7. The van der Waals surface area contributed by atoms with Gasteiger partial charge in [-0.1, -0.05) is 20.8 Å². The van der Waals surface area contributed by atoms with E-state index in [2.05, 4.69) is 10.1 Å². The van der Waals surface area contributed by atoms with Gasteiger partial charge in [-0.05, 0) is 0 Å². The minimum Gasteiger partial charge on any atom is -0.453 e. The second-order valence-corrected chi connectivity index (χ2v) is 5.58. The van der Waals surface area contributed by atoms with Gasteiger partial charge in [-0.15, -0.1) is 0 Å². The van der Waals surface area contributed by atoms with E-state index in [-0.39, 0.29) is 5.78 Å². The van der Waals surface area contributed by atoms with E-state index in [0.29, 0.717) is 6.54 Å². The number of hydrogen-bond donors (Lipinski definition) is 1. The van der Waals surface area contributed by atoms with Gasteiger partial charge < -0.3 is 10.1 Å². The number of aryl methyl sites for hydroxylation is 1. The predicted octanol–water partition coefficient (Wildman–Crippen LogP) is 0.652. The summed E-state index contributed by atoms with van der Waals surface area (Å²) in [5, 5.41) is 2.59. The zero-order valence-electron chi connectivity index (χ0n) is 12.1. The molecule has 0 aliphatic rings. The lowest BCUT2D eigenvalue weighted by molar-refractivity contribution is -0.671. The first kappa shape index (κ1) is 15.2. The van der Waals surface area contributed by atoms with Crippen LogP contribution in [0.25, 0.3) is 0 Å². The number of Topliss-reactive ketones (excluding diaryl/α,β-unsaturated/α-hetero) is 1. The monoisotopic (exact) mass is 268 g/mol. The van der Waals surface area contributed by atoms with Crippen LogP contribution in [-0.4, -0.2) is 29.6 Å². The summed E-state index contributed by atoms with van der Waals surface area (Å²) in [7, 11) is 3.18. The zero-order chi connectivity index (χ0) is 14.6. The van der Waals surface area contributed by atoms with Crippen LogP contribution in [0.2, 0.25) is 0 Å². The molecule has 19 heavy (non-hydrogen) atoms. The number of methoxy groups -OCH3 is 1. The lowest BCUT2D eigenvalue weighted by Gasteiger charge is -2.23. The van der Waals surface area contributed by atoms with Crippen LogP contribution >= 0.6 is 0 Å². The first-order valence-electron chi connectivity index (χ1n) is 6.14. The van der Waals surface area contributed by atoms with Gasteiger partial charge in [-0.2, -0.15) is 0 Å². The molecule has 0 aliphatic heterocycles. The number of carbonyl (C=O) groups excluding carboxylic acids is 2. The van der Waals surface area contributed by atoms with E-state index in [1.807, 2.05) is 55.7 Å². The van der Waals surface area contributed by atoms with Crippen LogP contribution in [-0.2, 0) is 23.1 Å². The number of aromatic nitrogens is 2. The molecule has 0 aliphatic carbocycles. The predicted molar refractivity (Wildman–Crippen MR) is 69.4 cm³/mol. The van der Waals surface area contributed by atoms with Crippen molar-refractivity contribution in [3.63, 3.8) is 0 Å². The van der Waals surface area contributed by atoms with E-state index in [4.69, 9.17) is 0 Å². The van der Waals surface area contributed by atoms with E-state index in [1.54, 1.807) is 0 Å². The molecule has 0 fully saturated rings. The molecule has 1 atom stereocenters. The average Bonchev–Trinajstić information content (AvgIpc) is 2.71. The van der Waals surface area contributed by atoms with Crippen LogP contribution in [0, 0.1) is 5.41 Å². The smallest absolute Gasteiger partial charge is 0.407 e. The molecule has 0 unspecified atom stereocenters. The Morgan fingerprint density at radius 2 is 2.05 bits per heavy atom. The maximum absolute atomic E-state index is 12.3. The highest BCUT2D eigenvalue weighted by atomic mass is 16.5. The molecule has 6 heteroatoms. The van der Waals surface area contributed by atoms with Crippen molar-refractivity contribution in [3.8, 4) is 0 Å². The third-order valence-corrected chi connectivity index (χ3v) is 2.75. The van der Waals surface area contributed by atoms with Gasteiger partial charge in [0.15, 0.2) is 5.78 Å². The second kappa shape index (κ2) is 5.86. The SMILES string of the molecule is COC(=O)N[C@@H](Cn1cc[n+](C)c1)C(=O)C(C)(C)C. The number of alkyl carbamates (subject to hydrolysis) is 1. The maximum atomic E-state index is 12.3. The molecule has 1 aromatic rings. The van der Waals surface area contributed by atoms with Crippen molar-refractivity contribution >= 4 is 11.9 Å². The Kier molecular flexibility index (Phi) is 4.69. The van der Waals surface area contributed by atoms with Crippen molar-refractivity contribution < 1.29 is 18.9 Å². The quantitative estimate of drug-likeness (QED) is 0.816. The number of nitrogens with one attached hydrogen (secondary N) is 1. The van der Waals surface area contributed by atoms with Crippen molar-refractivity contribution in [2.75, 3.05) is 7.11 Å². The Hall–Kier alpha value is -1.85. The molecule has 6 nitrogen and oxygen atoms in total. The van der Waals surface area contributed by atoms with Crippen LogP contribution < -0.4 is 9.88 Å². The highest BCUT2D eigenvalue weighted by Crippen LogP contribution is 2.17. The molecule has 0 spiro atoms.